The highest BCUT2D eigenvalue weighted by Crippen LogP contribution is 2.35. The van der Waals surface area contributed by atoms with Crippen LogP contribution in [0.25, 0.3) is 11.3 Å². The number of benzene rings is 2. The molecule has 0 saturated carbocycles. The predicted octanol–water partition coefficient (Wildman–Crippen LogP) is 5.82. The van der Waals surface area contributed by atoms with Gasteiger partial charge in [0.25, 0.3) is 0 Å². The molecule has 0 bridgehead atoms. The molecule has 1 saturated heterocycles. The molecule has 3 heterocycles. The average Bonchev–Trinajstić information content (AvgIpc) is 3.22. The standard InChI is InChI=1S/C35H45N3O4/c1-23-9-7-10-28(33(23)41-22-26-14-13-25-15-18-36-19-16-27(25)24(26)2)30-11-8-12-32(37-30)38-20-17-29(31(21-38)40-6)34(39)42-35(3,4)5/h7-14,29,31,36H,15-22H2,1-6H3/t29-,31+/m0/s1. The number of anilines is 1. The molecule has 2 aromatic carbocycles. The molecular weight excluding hydrogens is 526 g/mol. The number of nitrogens with one attached hydrogen (secondary N) is 1. The zero-order chi connectivity index (χ0) is 29.9. The van der Waals surface area contributed by atoms with Gasteiger partial charge in [0.2, 0.25) is 0 Å². The number of piperidine rings is 1. The Hall–Kier alpha value is -3.42. The van der Waals surface area contributed by atoms with Gasteiger partial charge in [-0.1, -0.05) is 30.3 Å². The number of rotatable bonds is 7. The van der Waals surface area contributed by atoms with Crippen LogP contribution in [0.2, 0.25) is 0 Å². The molecule has 3 aromatic rings. The first-order valence-electron chi connectivity index (χ1n) is 15.2. The number of carbonyl (C=O) groups excluding carboxylic acids is 1. The van der Waals surface area contributed by atoms with Gasteiger partial charge in [-0.15, -0.1) is 0 Å². The molecule has 7 nitrogen and oxygen atoms in total. The van der Waals surface area contributed by atoms with E-state index in [1.165, 1.54) is 22.3 Å². The molecule has 0 aliphatic carbocycles. The minimum atomic E-state index is -0.522. The van der Waals surface area contributed by atoms with Gasteiger partial charge in [-0.05, 0) is 113 Å². The van der Waals surface area contributed by atoms with Gasteiger partial charge < -0.3 is 24.4 Å². The second kappa shape index (κ2) is 12.8. The Kier molecular flexibility index (Phi) is 9.19. The average molecular weight is 572 g/mol. The normalized spacial score (nSPS) is 19.1. The van der Waals surface area contributed by atoms with Crippen molar-refractivity contribution in [3.63, 3.8) is 0 Å². The maximum absolute atomic E-state index is 12.9. The third-order valence-corrected chi connectivity index (χ3v) is 8.42. The Labute approximate surface area is 250 Å². The highest BCUT2D eigenvalue weighted by Gasteiger charge is 2.37. The van der Waals surface area contributed by atoms with E-state index in [4.69, 9.17) is 19.2 Å². The van der Waals surface area contributed by atoms with Crippen molar-refractivity contribution in [2.75, 3.05) is 38.2 Å². The minimum Gasteiger partial charge on any atom is -0.488 e. The van der Waals surface area contributed by atoms with Crippen molar-refractivity contribution in [3.05, 3.63) is 76.3 Å². The minimum absolute atomic E-state index is 0.196. The fourth-order valence-corrected chi connectivity index (χ4v) is 6.12. The highest BCUT2D eigenvalue weighted by molar-refractivity contribution is 5.74. The number of carbonyl (C=O) groups is 1. The van der Waals surface area contributed by atoms with Crippen LogP contribution in [-0.4, -0.2) is 55.9 Å². The molecule has 2 aliphatic rings. The largest absolute Gasteiger partial charge is 0.488 e. The van der Waals surface area contributed by atoms with Crippen LogP contribution >= 0.6 is 0 Å². The first-order valence-corrected chi connectivity index (χ1v) is 15.2. The molecular formula is C35H45N3O4. The summed E-state index contributed by atoms with van der Waals surface area (Å²) in [4.78, 5) is 20.1. The van der Waals surface area contributed by atoms with Gasteiger partial charge in [0.15, 0.2) is 0 Å². The fraction of sp³-hybridized carbons (Fsp3) is 0.486. The monoisotopic (exact) mass is 571 g/mol. The summed E-state index contributed by atoms with van der Waals surface area (Å²) in [6.45, 7) is 13.8. The van der Waals surface area contributed by atoms with Crippen molar-refractivity contribution in [1.29, 1.82) is 0 Å². The quantitative estimate of drug-likeness (QED) is 0.359. The summed E-state index contributed by atoms with van der Waals surface area (Å²) < 4.78 is 18.0. The number of aromatic nitrogens is 1. The van der Waals surface area contributed by atoms with Crippen LogP contribution in [0.15, 0.2) is 48.5 Å². The van der Waals surface area contributed by atoms with Crippen LogP contribution in [0.3, 0.4) is 0 Å². The molecule has 0 amide bonds. The molecule has 1 fully saturated rings. The SMILES string of the molecule is CO[C@@H]1CN(c2cccc(-c3cccc(C)c3OCc3ccc4c(c3C)CCNCC4)n2)CC[C@@H]1C(=O)OC(C)(C)C. The maximum Gasteiger partial charge on any atom is 0.312 e. The first kappa shape index (κ1) is 30.1. The van der Waals surface area contributed by atoms with Crippen molar-refractivity contribution in [2.45, 2.75) is 72.2 Å². The van der Waals surface area contributed by atoms with Crippen LogP contribution in [0.4, 0.5) is 5.82 Å². The molecule has 1 aromatic heterocycles. The van der Waals surface area contributed by atoms with Gasteiger partial charge >= 0.3 is 5.97 Å². The third kappa shape index (κ3) is 6.79. The van der Waals surface area contributed by atoms with E-state index in [0.717, 1.165) is 54.3 Å². The van der Waals surface area contributed by atoms with Crippen LogP contribution in [0.5, 0.6) is 5.75 Å². The molecule has 224 valence electrons. The van der Waals surface area contributed by atoms with E-state index in [1.54, 1.807) is 7.11 Å². The number of fused-ring (bicyclic) bond motifs is 1. The van der Waals surface area contributed by atoms with E-state index in [0.29, 0.717) is 26.1 Å². The van der Waals surface area contributed by atoms with Gasteiger partial charge in [-0.2, -0.15) is 0 Å². The lowest BCUT2D eigenvalue weighted by molar-refractivity contribution is -0.165. The number of hydrogen-bond acceptors (Lipinski definition) is 7. The maximum atomic E-state index is 12.9. The summed E-state index contributed by atoms with van der Waals surface area (Å²) in [7, 11) is 1.66. The number of hydrogen-bond donors (Lipinski definition) is 1. The first-order chi connectivity index (χ1) is 20.1. The summed E-state index contributed by atoms with van der Waals surface area (Å²) in [5.41, 5.74) is 7.87. The van der Waals surface area contributed by atoms with Crippen LogP contribution in [0.1, 0.15) is 55.0 Å². The molecule has 1 N–H and O–H groups in total. The van der Waals surface area contributed by atoms with Crippen LogP contribution in [0, 0.1) is 19.8 Å². The van der Waals surface area contributed by atoms with Gasteiger partial charge in [0.05, 0.1) is 17.7 Å². The van der Waals surface area contributed by atoms with E-state index in [2.05, 4.69) is 54.4 Å². The lowest BCUT2D eigenvalue weighted by atomic mass is 9.93. The Balaban J connectivity index is 1.35. The fourth-order valence-electron chi connectivity index (χ4n) is 6.12. The van der Waals surface area contributed by atoms with E-state index in [1.807, 2.05) is 39.0 Å². The molecule has 0 spiro atoms. The molecule has 7 heteroatoms. The second-order valence-corrected chi connectivity index (χ2v) is 12.5. The topological polar surface area (TPSA) is 72.9 Å². The van der Waals surface area contributed by atoms with Crippen molar-refractivity contribution < 1.29 is 19.0 Å². The van der Waals surface area contributed by atoms with Gasteiger partial charge in [-0.3, -0.25) is 4.79 Å². The van der Waals surface area contributed by atoms with Crippen molar-refractivity contribution in [2.24, 2.45) is 5.92 Å². The Morgan fingerprint density at radius 1 is 1.05 bits per heavy atom. The van der Waals surface area contributed by atoms with Crippen molar-refractivity contribution in [3.8, 4) is 17.0 Å². The summed E-state index contributed by atoms with van der Waals surface area (Å²) in [6.07, 6.45) is 2.51. The summed E-state index contributed by atoms with van der Waals surface area (Å²) in [6, 6.07) is 16.8. The number of ether oxygens (including phenoxy) is 3. The smallest absolute Gasteiger partial charge is 0.312 e. The second-order valence-electron chi connectivity index (χ2n) is 12.5. The van der Waals surface area contributed by atoms with E-state index < -0.39 is 5.60 Å². The lowest BCUT2D eigenvalue weighted by Gasteiger charge is -2.38. The van der Waals surface area contributed by atoms with Gasteiger partial charge in [-0.25, -0.2) is 4.98 Å². The molecule has 5 rings (SSSR count). The van der Waals surface area contributed by atoms with Gasteiger partial charge in [0, 0.05) is 25.8 Å². The van der Waals surface area contributed by atoms with E-state index >= 15 is 0 Å². The Morgan fingerprint density at radius 2 is 1.83 bits per heavy atom. The molecule has 42 heavy (non-hydrogen) atoms. The summed E-state index contributed by atoms with van der Waals surface area (Å²) in [5.74, 6) is 1.23. The molecule has 0 radical (unpaired) electrons. The molecule has 0 unspecified atom stereocenters. The highest BCUT2D eigenvalue weighted by atomic mass is 16.6. The number of aryl methyl sites for hydroxylation is 1. The third-order valence-electron chi connectivity index (χ3n) is 8.42. The lowest BCUT2D eigenvalue weighted by Crippen LogP contribution is -2.49. The van der Waals surface area contributed by atoms with Crippen LogP contribution in [-0.2, 0) is 33.7 Å². The number of pyridine rings is 1. The zero-order valence-electron chi connectivity index (χ0n) is 26.0. The number of nitrogens with zero attached hydrogens (tertiary/aromatic N) is 2. The van der Waals surface area contributed by atoms with E-state index in [9.17, 15) is 4.79 Å². The zero-order valence-corrected chi connectivity index (χ0v) is 26.0. The Bertz CT molecular complexity index is 1410. The Morgan fingerprint density at radius 3 is 2.62 bits per heavy atom. The summed E-state index contributed by atoms with van der Waals surface area (Å²) >= 11 is 0. The number of para-hydroxylation sites is 1. The van der Waals surface area contributed by atoms with E-state index in [-0.39, 0.29) is 18.0 Å². The van der Waals surface area contributed by atoms with Crippen molar-refractivity contribution >= 4 is 11.8 Å². The molecule has 2 atom stereocenters. The summed E-state index contributed by atoms with van der Waals surface area (Å²) in [5, 5.41) is 3.51. The van der Waals surface area contributed by atoms with Crippen molar-refractivity contribution in [1.82, 2.24) is 10.3 Å². The number of methoxy groups -OCH3 is 1. The molecule has 2 aliphatic heterocycles. The van der Waals surface area contributed by atoms with Gasteiger partial charge in [0.1, 0.15) is 23.8 Å². The van der Waals surface area contributed by atoms with Crippen LogP contribution < -0.4 is 15.0 Å². The predicted molar refractivity (Wildman–Crippen MR) is 167 cm³/mol. The number of esters is 1.